The van der Waals surface area contributed by atoms with Gasteiger partial charge >= 0.3 is 6.03 Å². The molecule has 1 aromatic heterocycles. The van der Waals surface area contributed by atoms with E-state index >= 15 is 0 Å². The van der Waals surface area contributed by atoms with Gasteiger partial charge in [0.05, 0.1) is 12.6 Å². The minimum absolute atomic E-state index is 0.0000477. The lowest BCUT2D eigenvalue weighted by Gasteiger charge is -2.33. The smallest absolute Gasteiger partial charge is 0.317 e. The van der Waals surface area contributed by atoms with Crippen LogP contribution < -0.4 is 5.32 Å². The second kappa shape index (κ2) is 9.59. The fourth-order valence-electron chi connectivity index (χ4n) is 3.27. The van der Waals surface area contributed by atoms with Crippen molar-refractivity contribution in [3.8, 4) is 0 Å². The predicted molar refractivity (Wildman–Crippen MR) is 94.7 cm³/mol. The van der Waals surface area contributed by atoms with Gasteiger partial charge in [-0.3, -0.25) is 4.98 Å². The average Bonchev–Trinajstić information content (AvgIpc) is 2.62. The standard InChI is InChI=1S/C18H30N4O2/c1-3-17(16-5-4-8-19-13-16)20-18(24)21(2)14-15-6-9-22(10-7-15)11-12-23/h4-5,8,13,15,17,23H,3,6-7,9-12,14H2,1-2H3,(H,20,24). The Hall–Kier alpha value is -1.66. The number of nitrogens with one attached hydrogen (secondary N) is 1. The topological polar surface area (TPSA) is 68.7 Å². The summed E-state index contributed by atoms with van der Waals surface area (Å²) >= 11 is 0. The third-order valence-corrected chi connectivity index (χ3v) is 4.79. The Balaban J connectivity index is 1.79. The summed E-state index contributed by atoms with van der Waals surface area (Å²) in [6.07, 6.45) is 6.55. The zero-order valence-corrected chi connectivity index (χ0v) is 14.8. The highest BCUT2D eigenvalue weighted by molar-refractivity contribution is 5.74. The van der Waals surface area contributed by atoms with Gasteiger partial charge in [0.15, 0.2) is 0 Å². The van der Waals surface area contributed by atoms with E-state index in [1.165, 1.54) is 0 Å². The van der Waals surface area contributed by atoms with E-state index in [2.05, 4.69) is 22.1 Å². The Morgan fingerprint density at radius 3 is 2.83 bits per heavy atom. The highest BCUT2D eigenvalue weighted by Crippen LogP contribution is 2.19. The number of β-amino-alcohol motifs (C(OH)–C–C–N with tert-alkyl or cyclic N) is 1. The molecule has 24 heavy (non-hydrogen) atoms. The number of rotatable bonds is 7. The van der Waals surface area contributed by atoms with Crippen LogP contribution in [0.5, 0.6) is 0 Å². The van der Waals surface area contributed by atoms with Gasteiger partial charge in [-0.2, -0.15) is 0 Å². The van der Waals surface area contributed by atoms with Gasteiger partial charge in [-0.1, -0.05) is 13.0 Å². The minimum atomic E-state index is -0.0245. The molecular weight excluding hydrogens is 304 g/mol. The highest BCUT2D eigenvalue weighted by atomic mass is 16.3. The maximum Gasteiger partial charge on any atom is 0.317 e. The van der Waals surface area contributed by atoms with Gasteiger partial charge in [0, 0.05) is 32.5 Å². The Bertz CT molecular complexity index is 489. The molecule has 1 atom stereocenters. The van der Waals surface area contributed by atoms with Crippen LogP contribution in [-0.2, 0) is 0 Å². The fraction of sp³-hybridized carbons (Fsp3) is 0.667. The number of pyridine rings is 1. The summed E-state index contributed by atoms with van der Waals surface area (Å²) in [5.74, 6) is 0.536. The van der Waals surface area contributed by atoms with Crippen LogP contribution in [-0.4, -0.2) is 65.8 Å². The normalized spacial score (nSPS) is 17.5. The number of aliphatic hydroxyl groups excluding tert-OH is 1. The van der Waals surface area contributed by atoms with E-state index in [0.29, 0.717) is 5.92 Å². The highest BCUT2D eigenvalue weighted by Gasteiger charge is 2.22. The molecular formula is C18H30N4O2. The first-order valence-electron chi connectivity index (χ1n) is 8.88. The maximum absolute atomic E-state index is 12.5. The Labute approximate surface area is 144 Å². The molecule has 1 aliphatic rings. The molecule has 1 unspecified atom stereocenters. The zero-order chi connectivity index (χ0) is 17.4. The van der Waals surface area contributed by atoms with Crippen molar-refractivity contribution < 1.29 is 9.90 Å². The molecule has 0 bridgehead atoms. The molecule has 2 heterocycles. The van der Waals surface area contributed by atoms with E-state index < -0.39 is 0 Å². The summed E-state index contributed by atoms with van der Waals surface area (Å²) in [6.45, 7) is 5.84. The van der Waals surface area contributed by atoms with Crippen LogP contribution in [0.2, 0.25) is 0 Å². The summed E-state index contributed by atoms with van der Waals surface area (Å²) in [5.41, 5.74) is 1.04. The molecule has 1 aliphatic heterocycles. The number of urea groups is 1. The van der Waals surface area contributed by atoms with Crippen LogP contribution >= 0.6 is 0 Å². The summed E-state index contributed by atoms with van der Waals surface area (Å²) in [7, 11) is 1.87. The van der Waals surface area contributed by atoms with Gasteiger partial charge < -0.3 is 20.2 Å². The van der Waals surface area contributed by atoms with Crippen molar-refractivity contribution in [2.45, 2.75) is 32.2 Å². The van der Waals surface area contributed by atoms with Gasteiger partial charge in [0.2, 0.25) is 0 Å². The van der Waals surface area contributed by atoms with Crippen molar-refractivity contribution in [1.82, 2.24) is 20.1 Å². The third-order valence-electron chi connectivity index (χ3n) is 4.79. The van der Waals surface area contributed by atoms with E-state index in [4.69, 9.17) is 5.11 Å². The van der Waals surface area contributed by atoms with Crippen molar-refractivity contribution in [1.29, 1.82) is 0 Å². The van der Waals surface area contributed by atoms with Gasteiger partial charge in [-0.25, -0.2) is 4.79 Å². The molecule has 6 heteroatoms. The first kappa shape index (κ1) is 18.7. The number of carbonyl (C=O) groups is 1. The maximum atomic E-state index is 12.5. The Kier molecular flexibility index (Phi) is 7.46. The monoisotopic (exact) mass is 334 g/mol. The van der Waals surface area contributed by atoms with Crippen LogP contribution in [0, 0.1) is 5.92 Å². The number of nitrogens with zero attached hydrogens (tertiary/aromatic N) is 3. The van der Waals surface area contributed by atoms with Crippen LogP contribution in [0.4, 0.5) is 4.79 Å². The van der Waals surface area contributed by atoms with Crippen LogP contribution in [0.1, 0.15) is 37.8 Å². The quantitative estimate of drug-likeness (QED) is 0.799. The first-order chi connectivity index (χ1) is 11.6. The molecule has 0 saturated carbocycles. The van der Waals surface area contributed by atoms with E-state index in [9.17, 15) is 4.79 Å². The summed E-state index contributed by atoms with van der Waals surface area (Å²) in [4.78, 5) is 20.7. The van der Waals surface area contributed by atoms with E-state index in [0.717, 1.165) is 51.0 Å². The summed E-state index contributed by atoms with van der Waals surface area (Å²) in [5, 5.41) is 12.1. The van der Waals surface area contributed by atoms with Crippen LogP contribution in [0.25, 0.3) is 0 Å². The largest absolute Gasteiger partial charge is 0.395 e. The van der Waals surface area contributed by atoms with E-state index in [1.54, 1.807) is 11.1 Å². The number of hydrogen-bond donors (Lipinski definition) is 2. The second-order valence-electron chi connectivity index (χ2n) is 6.59. The fourth-order valence-corrected chi connectivity index (χ4v) is 3.27. The van der Waals surface area contributed by atoms with Gasteiger partial charge in [-0.05, 0) is 49.9 Å². The number of amides is 2. The predicted octanol–water partition coefficient (Wildman–Crippen LogP) is 1.88. The van der Waals surface area contributed by atoms with E-state index in [1.807, 2.05) is 25.4 Å². The number of hydrogen-bond acceptors (Lipinski definition) is 4. The average molecular weight is 334 g/mol. The van der Waals surface area contributed by atoms with E-state index in [-0.39, 0.29) is 18.7 Å². The van der Waals surface area contributed by atoms with Crippen molar-refractivity contribution in [2.24, 2.45) is 5.92 Å². The SMILES string of the molecule is CCC(NC(=O)N(C)CC1CCN(CCO)CC1)c1cccnc1. The molecule has 0 radical (unpaired) electrons. The van der Waals surface area contributed by atoms with Crippen molar-refractivity contribution in [3.05, 3.63) is 30.1 Å². The van der Waals surface area contributed by atoms with Crippen LogP contribution in [0.15, 0.2) is 24.5 Å². The lowest BCUT2D eigenvalue weighted by atomic mass is 9.96. The minimum Gasteiger partial charge on any atom is -0.395 e. The number of carbonyl (C=O) groups excluding carboxylic acids is 1. The lowest BCUT2D eigenvalue weighted by Crippen LogP contribution is -2.44. The molecule has 2 N–H and O–H groups in total. The molecule has 0 aromatic carbocycles. The van der Waals surface area contributed by atoms with Crippen molar-refractivity contribution in [2.75, 3.05) is 39.8 Å². The number of likely N-dealkylation sites (tertiary alicyclic amines) is 1. The van der Waals surface area contributed by atoms with Crippen molar-refractivity contribution in [3.63, 3.8) is 0 Å². The first-order valence-corrected chi connectivity index (χ1v) is 8.88. The van der Waals surface area contributed by atoms with Crippen LogP contribution in [0.3, 0.4) is 0 Å². The summed E-state index contributed by atoms with van der Waals surface area (Å²) in [6, 6.07) is 3.87. The Morgan fingerprint density at radius 1 is 1.50 bits per heavy atom. The molecule has 1 aromatic rings. The Morgan fingerprint density at radius 2 is 2.25 bits per heavy atom. The molecule has 6 nitrogen and oxygen atoms in total. The number of piperidine rings is 1. The third kappa shape index (κ3) is 5.46. The molecule has 2 amide bonds. The molecule has 1 fully saturated rings. The molecule has 2 rings (SSSR count). The van der Waals surface area contributed by atoms with Crippen molar-refractivity contribution >= 4 is 6.03 Å². The number of aliphatic hydroxyl groups is 1. The molecule has 134 valence electrons. The second-order valence-corrected chi connectivity index (χ2v) is 6.59. The number of aromatic nitrogens is 1. The molecule has 0 aliphatic carbocycles. The summed E-state index contributed by atoms with van der Waals surface area (Å²) < 4.78 is 0. The molecule has 1 saturated heterocycles. The lowest BCUT2D eigenvalue weighted by molar-refractivity contribution is 0.132. The van der Waals surface area contributed by atoms with Gasteiger partial charge in [-0.15, -0.1) is 0 Å². The zero-order valence-electron chi connectivity index (χ0n) is 14.8. The van der Waals surface area contributed by atoms with Gasteiger partial charge in [0.25, 0.3) is 0 Å². The molecule has 0 spiro atoms. The van der Waals surface area contributed by atoms with Gasteiger partial charge in [0.1, 0.15) is 0 Å².